The lowest BCUT2D eigenvalue weighted by Crippen LogP contribution is -2.32. The molecule has 0 saturated carbocycles. The van der Waals surface area contributed by atoms with Crippen LogP contribution >= 0.6 is 11.6 Å². The van der Waals surface area contributed by atoms with Crippen molar-refractivity contribution in [1.29, 1.82) is 0 Å². The van der Waals surface area contributed by atoms with Gasteiger partial charge in [-0.1, -0.05) is 13.0 Å². The zero-order chi connectivity index (χ0) is 7.49. The fraction of sp³-hybridized carbons (Fsp3) is 0.714. The lowest BCUT2D eigenvalue weighted by Gasteiger charge is -2.24. The van der Waals surface area contributed by atoms with Crippen LogP contribution in [-0.2, 0) is 0 Å². The van der Waals surface area contributed by atoms with E-state index in [2.05, 4.69) is 6.58 Å². The van der Waals surface area contributed by atoms with Gasteiger partial charge in [0.05, 0.1) is 11.0 Å². The standard InChI is InChI=1S/C7H13ClO/c1-4-6(8)7(3,9)5-2/h4,6,9H,1,5H2,2-3H3. The van der Waals surface area contributed by atoms with E-state index in [0.717, 1.165) is 0 Å². The molecule has 2 unspecified atom stereocenters. The van der Waals surface area contributed by atoms with E-state index in [1.54, 1.807) is 13.0 Å². The molecule has 0 saturated heterocycles. The molecule has 9 heavy (non-hydrogen) atoms. The van der Waals surface area contributed by atoms with Crippen LogP contribution in [0.5, 0.6) is 0 Å². The summed E-state index contributed by atoms with van der Waals surface area (Å²) in [7, 11) is 0. The molecule has 0 aromatic carbocycles. The summed E-state index contributed by atoms with van der Waals surface area (Å²) < 4.78 is 0. The molecule has 0 radical (unpaired) electrons. The fourth-order valence-corrected chi connectivity index (χ4v) is 0.603. The fourth-order valence-electron chi connectivity index (χ4n) is 0.449. The van der Waals surface area contributed by atoms with Crippen LogP contribution in [0.4, 0.5) is 0 Å². The Kier molecular flexibility index (Phi) is 3.23. The van der Waals surface area contributed by atoms with Gasteiger partial charge in [-0.05, 0) is 13.3 Å². The summed E-state index contributed by atoms with van der Waals surface area (Å²) >= 11 is 5.69. The molecular weight excluding hydrogens is 136 g/mol. The highest BCUT2D eigenvalue weighted by Gasteiger charge is 2.24. The van der Waals surface area contributed by atoms with Crippen molar-refractivity contribution in [3.05, 3.63) is 12.7 Å². The Morgan fingerprint density at radius 1 is 1.89 bits per heavy atom. The summed E-state index contributed by atoms with van der Waals surface area (Å²) in [6.45, 7) is 7.07. The number of hydrogen-bond donors (Lipinski definition) is 1. The second-order valence-corrected chi connectivity index (χ2v) is 2.82. The summed E-state index contributed by atoms with van der Waals surface area (Å²) in [4.78, 5) is 0. The van der Waals surface area contributed by atoms with Gasteiger partial charge >= 0.3 is 0 Å². The molecular formula is C7H13ClO. The summed E-state index contributed by atoms with van der Waals surface area (Å²) in [5.74, 6) is 0. The van der Waals surface area contributed by atoms with Crippen molar-refractivity contribution in [1.82, 2.24) is 0 Å². The Morgan fingerprint density at radius 2 is 2.33 bits per heavy atom. The van der Waals surface area contributed by atoms with E-state index < -0.39 is 5.60 Å². The molecule has 54 valence electrons. The van der Waals surface area contributed by atoms with Crippen LogP contribution in [0.2, 0.25) is 0 Å². The van der Waals surface area contributed by atoms with Gasteiger partial charge in [0.15, 0.2) is 0 Å². The molecule has 1 N–H and O–H groups in total. The Balaban J connectivity index is 3.95. The Morgan fingerprint density at radius 3 is 2.44 bits per heavy atom. The predicted octanol–water partition coefficient (Wildman–Crippen LogP) is 1.94. The lowest BCUT2D eigenvalue weighted by atomic mass is 9.99. The maximum Gasteiger partial charge on any atom is 0.0815 e. The molecule has 2 atom stereocenters. The third kappa shape index (κ3) is 2.37. The maximum absolute atomic E-state index is 9.39. The highest BCUT2D eigenvalue weighted by atomic mass is 35.5. The van der Waals surface area contributed by atoms with Crippen LogP contribution in [0.15, 0.2) is 12.7 Å². The van der Waals surface area contributed by atoms with E-state index in [-0.39, 0.29) is 5.38 Å². The largest absolute Gasteiger partial charge is 0.388 e. The minimum Gasteiger partial charge on any atom is -0.388 e. The average molecular weight is 149 g/mol. The molecule has 0 aliphatic carbocycles. The van der Waals surface area contributed by atoms with Crippen molar-refractivity contribution < 1.29 is 5.11 Å². The Hall–Kier alpha value is -0.0100. The second kappa shape index (κ2) is 3.23. The van der Waals surface area contributed by atoms with Crippen LogP contribution in [0.1, 0.15) is 20.3 Å². The number of alkyl halides is 1. The topological polar surface area (TPSA) is 20.2 Å². The van der Waals surface area contributed by atoms with E-state index in [1.165, 1.54) is 0 Å². The van der Waals surface area contributed by atoms with Crippen molar-refractivity contribution >= 4 is 11.6 Å². The minimum absolute atomic E-state index is 0.345. The van der Waals surface area contributed by atoms with E-state index in [1.807, 2.05) is 6.92 Å². The zero-order valence-electron chi connectivity index (χ0n) is 5.89. The molecule has 0 aliphatic rings. The summed E-state index contributed by atoms with van der Waals surface area (Å²) in [5.41, 5.74) is -0.802. The minimum atomic E-state index is -0.802. The van der Waals surface area contributed by atoms with Gasteiger partial charge in [0, 0.05) is 0 Å². The smallest absolute Gasteiger partial charge is 0.0815 e. The summed E-state index contributed by atoms with van der Waals surface area (Å²) in [5, 5.41) is 9.04. The monoisotopic (exact) mass is 148 g/mol. The molecule has 0 fully saturated rings. The molecule has 0 aromatic heterocycles. The molecule has 0 rings (SSSR count). The number of halogens is 1. The van der Waals surface area contributed by atoms with Gasteiger partial charge in [0.25, 0.3) is 0 Å². The molecule has 0 spiro atoms. The highest BCUT2D eigenvalue weighted by molar-refractivity contribution is 6.22. The average Bonchev–Trinajstić information content (AvgIpc) is 1.86. The van der Waals surface area contributed by atoms with E-state index in [0.29, 0.717) is 6.42 Å². The molecule has 2 heteroatoms. The van der Waals surface area contributed by atoms with Gasteiger partial charge in [0.2, 0.25) is 0 Å². The van der Waals surface area contributed by atoms with Crippen LogP contribution in [-0.4, -0.2) is 16.1 Å². The van der Waals surface area contributed by atoms with Gasteiger partial charge in [0.1, 0.15) is 0 Å². The normalized spacial score (nSPS) is 20.4. The molecule has 1 nitrogen and oxygen atoms in total. The van der Waals surface area contributed by atoms with Crippen molar-refractivity contribution in [2.75, 3.05) is 0 Å². The molecule has 0 bridgehead atoms. The van der Waals surface area contributed by atoms with Crippen molar-refractivity contribution in [3.8, 4) is 0 Å². The van der Waals surface area contributed by atoms with Crippen molar-refractivity contribution in [2.45, 2.75) is 31.2 Å². The molecule has 0 heterocycles. The Labute approximate surface area is 61.3 Å². The van der Waals surface area contributed by atoms with E-state index in [9.17, 15) is 5.11 Å². The van der Waals surface area contributed by atoms with E-state index in [4.69, 9.17) is 11.6 Å². The maximum atomic E-state index is 9.39. The van der Waals surface area contributed by atoms with Crippen LogP contribution in [0, 0.1) is 0 Å². The highest BCUT2D eigenvalue weighted by Crippen LogP contribution is 2.19. The Bertz CT molecular complexity index is 99.1. The van der Waals surface area contributed by atoms with Crippen molar-refractivity contribution in [3.63, 3.8) is 0 Å². The van der Waals surface area contributed by atoms with Gasteiger partial charge < -0.3 is 5.11 Å². The second-order valence-electron chi connectivity index (χ2n) is 2.35. The third-order valence-electron chi connectivity index (χ3n) is 1.52. The summed E-state index contributed by atoms with van der Waals surface area (Å²) in [6, 6.07) is 0. The number of aliphatic hydroxyl groups is 1. The lowest BCUT2D eigenvalue weighted by molar-refractivity contribution is 0.0627. The zero-order valence-corrected chi connectivity index (χ0v) is 6.65. The van der Waals surface area contributed by atoms with Gasteiger partial charge in [-0.2, -0.15) is 0 Å². The first-order chi connectivity index (χ1) is 4.04. The first-order valence-corrected chi connectivity index (χ1v) is 3.47. The predicted molar refractivity (Wildman–Crippen MR) is 40.8 cm³/mol. The first-order valence-electron chi connectivity index (χ1n) is 3.03. The van der Waals surface area contributed by atoms with Crippen LogP contribution < -0.4 is 0 Å². The number of rotatable bonds is 3. The van der Waals surface area contributed by atoms with E-state index >= 15 is 0 Å². The first kappa shape index (κ1) is 8.99. The SMILES string of the molecule is C=CC(Cl)C(C)(O)CC. The van der Waals surface area contributed by atoms with Crippen LogP contribution in [0.25, 0.3) is 0 Å². The molecule has 0 amide bonds. The van der Waals surface area contributed by atoms with Crippen molar-refractivity contribution in [2.24, 2.45) is 0 Å². The quantitative estimate of drug-likeness (QED) is 0.479. The van der Waals surface area contributed by atoms with Gasteiger partial charge in [-0.15, -0.1) is 18.2 Å². The van der Waals surface area contributed by atoms with Crippen LogP contribution in [0.3, 0.4) is 0 Å². The molecule has 0 aromatic rings. The van der Waals surface area contributed by atoms with Gasteiger partial charge in [-0.25, -0.2) is 0 Å². The molecule has 0 aliphatic heterocycles. The number of hydrogen-bond acceptors (Lipinski definition) is 1. The van der Waals surface area contributed by atoms with Gasteiger partial charge in [-0.3, -0.25) is 0 Å². The third-order valence-corrected chi connectivity index (χ3v) is 2.17. The summed E-state index contributed by atoms with van der Waals surface area (Å²) in [6.07, 6.45) is 2.19.